The Morgan fingerprint density at radius 1 is 1.33 bits per heavy atom. The first-order valence-corrected chi connectivity index (χ1v) is 6.18. The number of Topliss-reactive ketones (excluding diaryl/α,β-unsaturated/α-hetero) is 1. The van der Waals surface area contributed by atoms with E-state index in [2.05, 4.69) is 42.8 Å². The Kier molecular flexibility index (Phi) is 3.72. The lowest BCUT2D eigenvalue weighted by Gasteiger charge is -2.20. The second-order valence-electron chi connectivity index (χ2n) is 4.84. The molecule has 0 amide bonds. The number of ketones is 1. The van der Waals surface area contributed by atoms with E-state index in [9.17, 15) is 4.79 Å². The minimum absolute atomic E-state index is 0.0923. The predicted octanol–water partition coefficient (Wildman–Crippen LogP) is 3.87. The van der Waals surface area contributed by atoms with Crippen molar-refractivity contribution >= 4 is 21.7 Å². The fourth-order valence-corrected chi connectivity index (χ4v) is 1.76. The van der Waals surface area contributed by atoms with E-state index in [0.29, 0.717) is 5.33 Å². The number of benzene rings is 1. The van der Waals surface area contributed by atoms with Crippen molar-refractivity contribution in [3.05, 3.63) is 34.9 Å². The third kappa shape index (κ3) is 2.91. The molecule has 0 N–H and O–H groups in total. The summed E-state index contributed by atoms with van der Waals surface area (Å²) < 4.78 is 0. The molecule has 0 saturated heterocycles. The molecular formula is C13H17BrO. The highest BCUT2D eigenvalue weighted by Gasteiger charge is 2.16. The van der Waals surface area contributed by atoms with Crippen LogP contribution < -0.4 is 0 Å². The molecule has 1 aromatic rings. The number of hydrogen-bond acceptors (Lipinski definition) is 1. The molecular weight excluding hydrogens is 252 g/mol. The third-order valence-electron chi connectivity index (χ3n) is 2.53. The molecule has 0 unspecified atom stereocenters. The van der Waals surface area contributed by atoms with Crippen LogP contribution in [0.2, 0.25) is 0 Å². The van der Waals surface area contributed by atoms with E-state index in [-0.39, 0.29) is 11.2 Å². The molecule has 0 aromatic heterocycles. The maximum Gasteiger partial charge on any atom is 0.173 e. The number of carbonyl (C=O) groups excluding carboxylic acids is 1. The molecule has 2 heteroatoms. The van der Waals surface area contributed by atoms with E-state index < -0.39 is 0 Å². The van der Waals surface area contributed by atoms with E-state index in [1.807, 2.05) is 19.1 Å². The summed E-state index contributed by atoms with van der Waals surface area (Å²) in [6.07, 6.45) is 0. The van der Waals surface area contributed by atoms with Gasteiger partial charge in [0.2, 0.25) is 0 Å². The number of carbonyl (C=O) groups is 1. The molecule has 1 rings (SSSR count). The van der Waals surface area contributed by atoms with Crippen LogP contribution in [0.25, 0.3) is 0 Å². The number of aryl methyl sites for hydroxylation is 1. The van der Waals surface area contributed by atoms with Gasteiger partial charge in [0.25, 0.3) is 0 Å². The average molecular weight is 269 g/mol. The van der Waals surface area contributed by atoms with Crippen molar-refractivity contribution in [3.63, 3.8) is 0 Å². The molecule has 1 aromatic carbocycles. The van der Waals surface area contributed by atoms with Crippen LogP contribution in [-0.4, -0.2) is 11.1 Å². The van der Waals surface area contributed by atoms with Crippen LogP contribution in [0.15, 0.2) is 18.2 Å². The maximum atomic E-state index is 11.7. The van der Waals surface area contributed by atoms with Gasteiger partial charge in [-0.3, -0.25) is 4.79 Å². The van der Waals surface area contributed by atoms with E-state index in [4.69, 9.17) is 0 Å². The smallest absolute Gasteiger partial charge is 0.173 e. The Morgan fingerprint density at radius 2 is 1.93 bits per heavy atom. The second-order valence-corrected chi connectivity index (χ2v) is 5.40. The van der Waals surface area contributed by atoms with Gasteiger partial charge in [-0.1, -0.05) is 48.8 Å². The quantitative estimate of drug-likeness (QED) is 0.588. The summed E-state index contributed by atoms with van der Waals surface area (Å²) in [5.74, 6) is 0.151. The summed E-state index contributed by atoms with van der Waals surface area (Å²) in [4.78, 5) is 11.7. The lowest BCUT2D eigenvalue weighted by atomic mass is 9.85. The van der Waals surface area contributed by atoms with Crippen LogP contribution in [0.5, 0.6) is 0 Å². The Balaban J connectivity index is 3.23. The minimum Gasteiger partial charge on any atom is -0.293 e. The number of rotatable bonds is 2. The topological polar surface area (TPSA) is 17.1 Å². The van der Waals surface area contributed by atoms with Crippen LogP contribution >= 0.6 is 15.9 Å². The first kappa shape index (κ1) is 12.4. The SMILES string of the molecule is Cc1ccc(C(C)(C)C)cc1C(=O)CBr. The molecule has 82 valence electrons. The average Bonchev–Trinajstić information content (AvgIpc) is 2.15. The fourth-order valence-electron chi connectivity index (χ4n) is 1.46. The van der Waals surface area contributed by atoms with E-state index in [1.54, 1.807) is 0 Å². The molecule has 0 fully saturated rings. The lowest BCUT2D eigenvalue weighted by Crippen LogP contribution is -2.13. The Morgan fingerprint density at radius 3 is 2.40 bits per heavy atom. The van der Waals surface area contributed by atoms with Gasteiger partial charge < -0.3 is 0 Å². The molecule has 0 saturated carbocycles. The Bertz CT molecular complexity index is 375. The van der Waals surface area contributed by atoms with Crippen molar-refractivity contribution < 1.29 is 4.79 Å². The van der Waals surface area contributed by atoms with Crippen molar-refractivity contribution in [1.29, 1.82) is 0 Å². The molecule has 0 aliphatic carbocycles. The predicted molar refractivity (Wildman–Crippen MR) is 68.0 cm³/mol. The van der Waals surface area contributed by atoms with Gasteiger partial charge >= 0.3 is 0 Å². The summed E-state index contributed by atoms with van der Waals surface area (Å²) in [7, 11) is 0. The van der Waals surface area contributed by atoms with Gasteiger partial charge in [-0.05, 0) is 29.5 Å². The summed E-state index contributed by atoms with van der Waals surface area (Å²) >= 11 is 3.21. The molecule has 0 radical (unpaired) electrons. The highest BCUT2D eigenvalue weighted by atomic mass is 79.9. The summed E-state index contributed by atoms with van der Waals surface area (Å²) in [6, 6.07) is 6.13. The number of halogens is 1. The van der Waals surface area contributed by atoms with Gasteiger partial charge in [0, 0.05) is 5.56 Å². The van der Waals surface area contributed by atoms with Crippen molar-refractivity contribution in [2.75, 3.05) is 5.33 Å². The van der Waals surface area contributed by atoms with E-state index >= 15 is 0 Å². The van der Waals surface area contributed by atoms with Gasteiger partial charge in [-0.2, -0.15) is 0 Å². The fraction of sp³-hybridized carbons (Fsp3) is 0.462. The van der Waals surface area contributed by atoms with Gasteiger partial charge in [0.1, 0.15) is 0 Å². The lowest BCUT2D eigenvalue weighted by molar-refractivity contribution is 0.102. The first-order chi connectivity index (χ1) is 6.86. The molecule has 0 bridgehead atoms. The van der Waals surface area contributed by atoms with Crippen molar-refractivity contribution in [2.24, 2.45) is 0 Å². The number of alkyl halides is 1. The second kappa shape index (κ2) is 4.48. The highest BCUT2D eigenvalue weighted by Crippen LogP contribution is 2.24. The van der Waals surface area contributed by atoms with Crippen molar-refractivity contribution in [3.8, 4) is 0 Å². The Labute approximate surface area is 100 Å². The summed E-state index contributed by atoms with van der Waals surface area (Å²) in [6.45, 7) is 8.43. The molecule has 0 aliphatic heterocycles. The first-order valence-electron chi connectivity index (χ1n) is 5.06. The zero-order chi connectivity index (χ0) is 11.6. The Hall–Kier alpha value is -0.630. The molecule has 15 heavy (non-hydrogen) atoms. The van der Waals surface area contributed by atoms with Crippen LogP contribution in [0.3, 0.4) is 0 Å². The highest BCUT2D eigenvalue weighted by molar-refractivity contribution is 9.09. The zero-order valence-corrected chi connectivity index (χ0v) is 11.3. The number of hydrogen-bond donors (Lipinski definition) is 0. The van der Waals surface area contributed by atoms with E-state index in [0.717, 1.165) is 11.1 Å². The molecule has 0 spiro atoms. The van der Waals surface area contributed by atoms with Crippen LogP contribution in [0.1, 0.15) is 42.3 Å². The van der Waals surface area contributed by atoms with E-state index in [1.165, 1.54) is 5.56 Å². The van der Waals surface area contributed by atoms with Crippen LogP contribution in [-0.2, 0) is 5.41 Å². The monoisotopic (exact) mass is 268 g/mol. The summed E-state index contributed by atoms with van der Waals surface area (Å²) in [5, 5.41) is 0.390. The van der Waals surface area contributed by atoms with Gasteiger partial charge in [-0.15, -0.1) is 0 Å². The molecule has 0 atom stereocenters. The minimum atomic E-state index is 0.0923. The van der Waals surface area contributed by atoms with Crippen LogP contribution in [0.4, 0.5) is 0 Å². The third-order valence-corrected chi connectivity index (χ3v) is 3.03. The molecule has 0 aliphatic rings. The largest absolute Gasteiger partial charge is 0.293 e. The standard InChI is InChI=1S/C13H17BrO/c1-9-5-6-10(13(2,3)4)7-11(9)12(15)8-14/h5-7H,8H2,1-4H3. The molecule has 1 nitrogen and oxygen atoms in total. The molecule has 0 heterocycles. The summed E-state index contributed by atoms with van der Waals surface area (Å²) in [5.41, 5.74) is 3.18. The van der Waals surface area contributed by atoms with Crippen molar-refractivity contribution in [2.45, 2.75) is 33.1 Å². The van der Waals surface area contributed by atoms with Gasteiger partial charge in [0.15, 0.2) is 5.78 Å². The van der Waals surface area contributed by atoms with Crippen LogP contribution in [0, 0.1) is 6.92 Å². The van der Waals surface area contributed by atoms with Crippen molar-refractivity contribution in [1.82, 2.24) is 0 Å². The normalized spacial score (nSPS) is 11.5. The maximum absolute atomic E-state index is 11.7. The van der Waals surface area contributed by atoms with Gasteiger partial charge in [0.05, 0.1) is 5.33 Å². The van der Waals surface area contributed by atoms with Gasteiger partial charge in [-0.25, -0.2) is 0 Å². The zero-order valence-electron chi connectivity index (χ0n) is 9.73.